The van der Waals surface area contributed by atoms with Crippen LogP contribution in [0.3, 0.4) is 0 Å². The molecule has 0 N–H and O–H groups in total. The van der Waals surface area contributed by atoms with Gasteiger partial charge >= 0.3 is 0 Å². The number of hydrogen-bond acceptors (Lipinski definition) is 7. The van der Waals surface area contributed by atoms with Gasteiger partial charge in [-0.3, -0.25) is 14.8 Å². The van der Waals surface area contributed by atoms with Gasteiger partial charge in [0, 0.05) is 44.0 Å². The molecule has 1 aliphatic heterocycles. The van der Waals surface area contributed by atoms with Crippen molar-refractivity contribution in [3.63, 3.8) is 0 Å². The van der Waals surface area contributed by atoms with Crippen LogP contribution in [0.2, 0.25) is 0 Å². The zero-order chi connectivity index (χ0) is 25.1. The highest BCUT2D eigenvalue weighted by atomic mass is 32.2. The number of nitrogens with zero attached hydrogens (tertiary/aromatic N) is 4. The molecule has 0 unspecified atom stereocenters. The number of pyridine rings is 2. The fraction of sp³-hybridized carbons (Fsp3) is 0.222. The topological polar surface area (TPSA) is 92.7 Å². The molecule has 36 heavy (non-hydrogen) atoms. The lowest BCUT2D eigenvalue weighted by atomic mass is 10.2. The fourth-order valence-electron chi connectivity index (χ4n) is 4.46. The van der Waals surface area contributed by atoms with E-state index in [2.05, 4.69) is 14.9 Å². The zero-order valence-electron chi connectivity index (χ0n) is 19.9. The van der Waals surface area contributed by atoms with Gasteiger partial charge in [0.05, 0.1) is 29.0 Å². The van der Waals surface area contributed by atoms with Gasteiger partial charge in [-0.2, -0.15) is 0 Å². The molecule has 4 aromatic rings. The quantitative estimate of drug-likeness (QED) is 0.398. The van der Waals surface area contributed by atoms with Crippen molar-refractivity contribution in [3.8, 4) is 5.75 Å². The third kappa shape index (κ3) is 4.74. The molecular formula is C27H26N4O4S. The summed E-state index contributed by atoms with van der Waals surface area (Å²) in [5, 5.41) is 0.767. The lowest BCUT2D eigenvalue weighted by molar-refractivity contribution is 0.0740. The van der Waals surface area contributed by atoms with E-state index in [0.29, 0.717) is 43.0 Å². The van der Waals surface area contributed by atoms with Crippen LogP contribution in [-0.4, -0.2) is 62.5 Å². The normalized spacial score (nSPS) is 14.1. The Morgan fingerprint density at radius 3 is 2.44 bits per heavy atom. The van der Waals surface area contributed by atoms with Crippen LogP contribution < -0.4 is 9.64 Å². The molecule has 8 nitrogen and oxygen atoms in total. The van der Waals surface area contributed by atoms with Crippen LogP contribution >= 0.6 is 0 Å². The minimum Gasteiger partial charge on any atom is -0.495 e. The molecule has 2 aromatic carbocycles. The van der Waals surface area contributed by atoms with E-state index in [0.717, 1.165) is 16.8 Å². The summed E-state index contributed by atoms with van der Waals surface area (Å²) in [4.78, 5) is 25.7. The summed E-state index contributed by atoms with van der Waals surface area (Å²) >= 11 is 0. The van der Waals surface area contributed by atoms with Gasteiger partial charge in [-0.25, -0.2) is 8.42 Å². The van der Waals surface area contributed by atoms with E-state index in [-0.39, 0.29) is 16.6 Å². The summed E-state index contributed by atoms with van der Waals surface area (Å²) in [5.74, 6) is 0.424. The van der Waals surface area contributed by atoms with Crippen LogP contribution in [0.4, 0.5) is 5.69 Å². The number of aromatic nitrogens is 2. The van der Waals surface area contributed by atoms with Gasteiger partial charge in [0.15, 0.2) is 9.84 Å². The maximum Gasteiger partial charge on any atom is 0.272 e. The number of ether oxygens (including phenoxy) is 1. The Morgan fingerprint density at radius 2 is 1.69 bits per heavy atom. The molecule has 0 radical (unpaired) electrons. The first-order valence-electron chi connectivity index (χ1n) is 11.6. The van der Waals surface area contributed by atoms with Crippen molar-refractivity contribution >= 4 is 32.3 Å². The van der Waals surface area contributed by atoms with E-state index < -0.39 is 9.84 Å². The summed E-state index contributed by atoms with van der Waals surface area (Å²) < 4.78 is 31.7. The van der Waals surface area contributed by atoms with Crippen molar-refractivity contribution < 1.29 is 17.9 Å². The molecule has 1 aliphatic rings. The molecular weight excluding hydrogens is 476 g/mol. The summed E-state index contributed by atoms with van der Waals surface area (Å²) in [7, 11) is -1.99. The van der Waals surface area contributed by atoms with Crippen molar-refractivity contribution in [2.75, 3.05) is 38.2 Å². The first-order valence-corrected chi connectivity index (χ1v) is 13.3. The second-order valence-corrected chi connectivity index (χ2v) is 10.6. The summed E-state index contributed by atoms with van der Waals surface area (Å²) in [6, 6.07) is 19.8. The van der Waals surface area contributed by atoms with E-state index in [9.17, 15) is 13.2 Å². The lowest BCUT2D eigenvalue weighted by Gasteiger charge is -2.36. The molecule has 2 aromatic heterocycles. The van der Waals surface area contributed by atoms with E-state index >= 15 is 0 Å². The molecule has 1 fully saturated rings. The maximum absolute atomic E-state index is 13.1. The van der Waals surface area contributed by atoms with E-state index in [1.54, 1.807) is 48.5 Å². The number of benzene rings is 2. The van der Waals surface area contributed by atoms with Crippen molar-refractivity contribution in [3.05, 3.63) is 90.4 Å². The minimum atomic E-state index is -3.65. The largest absolute Gasteiger partial charge is 0.495 e. The molecule has 1 amide bonds. The number of fused-ring (bicyclic) bond motifs is 1. The van der Waals surface area contributed by atoms with Crippen LogP contribution in [0.25, 0.3) is 10.9 Å². The highest BCUT2D eigenvalue weighted by molar-refractivity contribution is 7.90. The Morgan fingerprint density at radius 1 is 0.917 bits per heavy atom. The van der Waals surface area contributed by atoms with Crippen LogP contribution in [-0.2, 0) is 15.6 Å². The second-order valence-electron chi connectivity index (χ2n) is 8.59. The number of sulfone groups is 1. The molecule has 0 aliphatic carbocycles. The van der Waals surface area contributed by atoms with Gasteiger partial charge in [-0.05, 0) is 35.9 Å². The number of hydrogen-bond donors (Lipinski definition) is 0. The summed E-state index contributed by atoms with van der Waals surface area (Å²) in [5.41, 5.74) is 2.28. The highest BCUT2D eigenvalue weighted by Crippen LogP contribution is 2.28. The Balaban J connectivity index is 1.25. The van der Waals surface area contributed by atoms with Crippen LogP contribution in [0.15, 0.2) is 84.0 Å². The first-order chi connectivity index (χ1) is 17.5. The van der Waals surface area contributed by atoms with Crippen molar-refractivity contribution in [2.24, 2.45) is 0 Å². The number of carbonyl (C=O) groups excluding carboxylic acids is 1. The first kappa shape index (κ1) is 23.7. The average molecular weight is 503 g/mol. The van der Waals surface area contributed by atoms with E-state index in [1.807, 2.05) is 36.4 Å². The number of piperazine rings is 1. The molecule has 5 rings (SSSR count). The maximum atomic E-state index is 13.1. The third-order valence-corrected chi connectivity index (χ3v) is 8.04. The number of methoxy groups -OCH3 is 1. The van der Waals surface area contributed by atoms with Gasteiger partial charge in [-0.15, -0.1) is 0 Å². The van der Waals surface area contributed by atoms with Gasteiger partial charge < -0.3 is 14.5 Å². The number of rotatable bonds is 6. The van der Waals surface area contributed by atoms with Gasteiger partial charge in [0.1, 0.15) is 11.4 Å². The molecule has 184 valence electrons. The predicted octanol–water partition coefficient (Wildman–Crippen LogP) is 3.57. The SMILES string of the molecule is COc1ccccc1N1CCN(C(=O)c2ccc(CS(=O)(=O)c3cccc4cccnc34)cn2)CC1. The van der Waals surface area contributed by atoms with Gasteiger partial charge in [-0.1, -0.05) is 36.4 Å². The molecule has 0 atom stereocenters. The van der Waals surface area contributed by atoms with Crippen LogP contribution in [0.5, 0.6) is 5.75 Å². The number of para-hydroxylation sites is 3. The molecule has 3 heterocycles. The summed E-state index contributed by atoms with van der Waals surface area (Å²) in [6.07, 6.45) is 3.05. The minimum absolute atomic E-state index is 0.165. The lowest BCUT2D eigenvalue weighted by Crippen LogP contribution is -2.49. The Kier molecular flexibility index (Phi) is 6.56. The smallest absolute Gasteiger partial charge is 0.272 e. The van der Waals surface area contributed by atoms with E-state index in [1.165, 1.54) is 6.20 Å². The Hall–Kier alpha value is -3.98. The molecule has 0 saturated carbocycles. The predicted molar refractivity (Wildman–Crippen MR) is 138 cm³/mol. The zero-order valence-corrected chi connectivity index (χ0v) is 20.7. The van der Waals surface area contributed by atoms with Gasteiger partial charge in [0.25, 0.3) is 5.91 Å². The standard InChI is InChI=1S/C27H26N4O4S/c1-35-24-9-3-2-8-23(24)30-14-16-31(17-15-30)27(32)22-12-11-20(18-29-22)19-36(33,34)25-10-4-6-21-7-5-13-28-26(21)25/h2-13,18H,14-17,19H2,1H3. The Labute approximate surface area is 210 Å². The number of anilines is 1. The second kappa shape index (κ2) is 9.94. The summed E-state index contributed by atoms with van der Waals surface area (Å²) in [6.45, 7) is 2.48. The molecule has 9 heteroatoms. The molecule has 1 saturated heterocycles. The average Bonchev–Trinajstić information content (AvgIpc) is 2.92. The monoisotopic (exact) mass is 502 g/mol. The van der Waals surface area contributed by atoms with Gasteiger partial charge in [0.2, 0.25) is 0 Å². The van der Waals surface area contributed by atoms with Crippen LogP contribution in [0.1, 0.15) is 16.1 Å². The Bertz CT molecular complexity index is 1490. The van der Waals surface area contributed by atoms with Crippen molar-refractivity contribution in [2.45, 2.75) is 10.6 Å². The molecule has 0 bridgehead atoms. The number of amides is 1. The van der Waals surface area contributed by atoms with Crippen molar-refractivity contribution in [1.29, 1.82) is 0 Å². The highest BCUT2D eigenvalue weighted by Gasteiger charge is 2.25. The van der Waals surface area contributed by atoms with Crippen molar-refractivity contribution in [1.82, 2.24) is 14.9 Å². The van der Waals surface area contributed by atoms with E-state index in [4.69, 9.17) is 4.74 Å². The number of carbonyl (C=O) groups is 1. The third-order valence-electron chi connectivity index (χ3n) is 6.32. The molecule has 0 spiro atoms. The fourth-order valence-corrected chi connectivity index (χ4v) is 5.98. The van der Waals surface area contributed by atoms with Crippen LogP contribution in [0, 0.1) is 0 Å².